The van der Waals surface area contributed by atoms with E-state index in [0.29, 0.717) is 42.5 Å². The Labute approximate surface area is 232 Å². The molecule has 0 N–H and O–H groups in total. The van der Waals surface area contributed by atoms with Crippen molar-refractivity contribution in [2.24, 2.45) is 0 Å². The third kappa shape index (κ3) is 5.69. The van der Waals surface area contributed by atoms with Crippen molar-refractivity contribution in [3.05, 3.63) is 153 Å². The molecule has 0 amide bonds. The molecule has 0 fully saturated rings. The Morgan fingerprint density at radius 2 is 1.52 bits per heavy atom. The minimum atomic E-state index is -1.21. The molecule has 5 heteroatoms. The summed E-state index contributed by atoms with van der Waals surface area (Å²) in [6, 6.07) is 24.4. The summed E-state index contributed by atoms with van der Waals surface area (Å²) in [7, 11) is 0. The normalized spacial score (nSPS) is 16.6. The summed E-state index contributed by atoms with van der Waals surface area (Å²) in [6.07, 6.45) is 3.71. The molecule has 0 radical (unpaired) electrons. The summed E-state index contributed by atoms with van der Waals surface area (Å²) in [5, 5.41) is 0. The molecule has 1 aliphatic rings. The second-order valence-electron chi connectivity index (χ2n) is 10.5. The van der Waals surface area contributed by atoms with Gasteiger partial charge < -0.3 is 0 Å². The van der Waals surface area contributed by atoms with Gasteiger partial charge in [-0.1, -0.05) is 78.4 Å². The van der Waals surface area contributed by atoms with E-state index in [1.807, 2.05) is 79.7 Å². The fourth-order valence-electron chi connectivity index (χ4n) is 5.59. The van der Waals surface area contributed by atoms with E-state index >= 15 is 0 Å². The van der Waals surface area contributed by atoms with Crippen LogP contribution in [0, 0.1) is 24.4 Å². The highest BCUT2D eigenvalue weighted by Crippen LogP contribution is 2.45. The van der Waals surface area contributed by atoms with Gasteiger partial charge in [0.15, 0.2) is 11.6 Å². The predicted octanol–water partition coefficient (Wildman–Crippen LogP) is 8.48. The Hall–Kier alpha value is -4.25. The van der Waals surface area contributed by atoms with Crippen LogP contribution in [0.15, 0.2) is 96.6 Å². The average molecular weight is 539 g/mol. The minimum Gasteiger partial charge on any atom is -0.295 e. The van der Waals surface area contributed by atoms with Crippen LogP contribution in [0.2, 0.25) is 0 Å². The maximum absolute atomic E-state index is 14.7. The number of halogens is 3. The van der Waals surface area contributed by atoms with Gasteiger partial charge in [0.1, 0.15) is 17.5 Å². The Kier molecular flexibility index (Phi) is 7.83. The van der Waals surface area contributed by atoms with Gasteiger partial charge in [-0.3, -0.25) is 9.59 Å². The highest BCUT2D eigenvalue weighted by Gasteiger charge is 2.36. The molecule has 0 saturated heterocycles. The van der Waals surface area contributed by atoms with Gasteiger partial charge in [0.2, 0.25) is 0 Å². The molecule has 40 heavy (non-hydrogen) atoms. The van der Waals surface area contributed by atoms with E-state index in [-0.39, 0.29) is 11.7 Å². The monoisotopic (exact) mass is 538 g/mol. The van der Waals surface area contributed by atoms with Gasteiger partial charge in [0.05, 0.1) is 5.56 Å². The van der Waals surface area contributed by atoms with Gasteiger partial charge in [-0.05, 0) is 61.4 Å². The minimum absolute atomic E-state index is 0.00361. The van der Waals surface area contributed by atoms with Crippen LogP contribution in [0.3, 0.4) is 0 Å². The third-order valence-electron chi connectivity index (χ3n) is 7.69. The molecule has 5 rings (SSSR count). The summed E-state index contributed by atoms with van der Waals surface area (Å²) >= 11 is 0. The van der Waals surface area contributed by atoms with Crippen LogP contribution in [0.25, 0.3) is 0 Å². The van der Waals surface area contributed by atoms with Crippen molar-refractivity contribution in [2.45, 2.75) is 44.9 Å². The lowest BCUT2D eigenvalue weighted by atomic mass is 9.83. The molecule has 0 spiro atoms. The number of carbonyl (C=O) groups is 2. The zero-order chi connectivity index (χ0) is 28.4. The lowest BCUT2D eigenvalue weighted by molar-refractivity contribution is 0.101. The molecule has 4 aromatic rings. The summed E-state index contributed by atoms with van der Waals surface area (Å²) < 4.78 is 43.1. The fourth-order valence-corrected chi connectivity index (χ4v) is 5.59. The maximum atomic E-state index is 14.7. The lowest BCUT2D eigenvalue weighted by Crippen LogP contribution is -2.14. The first kappa shape index (κ1) is 27.3. The molecule has 2 unspecified atom stereocenters. The molecule has 1 aliphatic carbocycles. The molecule has 0 saturated carbocycles. The molecule has 2 nitrogen and oxygen atoms in total. The molecule has 0 bridgehead atoms. The summed E-state index contributed by atoms with van der Waals surface area (Å²) in [6.45, 7) is 3.53. The Morgan fingerprint density at radius 1 is 0.825 bits per heavy atom. The number of allylic oxidation sites excluding steroid dienone is 2. The molecule has 2 atom stereocenters. The van der Waals surface area contributed by atoms with Gasteiger partial charge in [-0.25, -0.2) is 13.2 Å². The van der Waals surface area contributed by atoms with Crippen molar-refractivity contribution in [2.75, 3.05) is 0 Å². The van der Waals surface area contributed by atoms with Crippen LogP contribution in [0.5, 0.6) is 0 Å². The standard InChI is InChI=1S/C35H29F3O2/c1-21-10-13-24(14-11-21)27-17-30(31(18-27)35(40)34-32(37)19-28(36)20-33(34)38)29-9-4-3-7-25(29)15-12-23-6-5-8-26(16-23)22(2)39/h3-11,13-14,16,18-20,27,30H,12,15,17H2,1-2H3. The number of ketones is 2. The quantitative estimate of drug-likeness (QED) is 0.211. The van der Waals surface area contributed by atoms with E-state index in [1.54, 1.807) is 6.07 Å². The summed E-state index contributed by atoms with van der Waals surface area (Å²) in [4.78, 5) is 25.5. The predicted molar refractivity (Wildman–Crippen MR) is 150 cm³/mol. The van der Waals surface area contributed by atoms with Gasteiger partial charge in [-0.2, -0.15) is 0 Å². The van der Waals surface area contributed by atoms with E-state index in [0.717, 1.165) is 27.8 Å². The Bertz CT molecular complexity index is 1600. The van der Waals surface area contributed by atoms with Gasteiger partial charge in [0, 0.05) is 35.1 Å². The van der Waals surface area contributed by atoms with E-state index in [1.165, 1.54) is 6.92 Å². The molecular formula is C35H29F3O2. The zero-order valence-corrected chi connectivity index (χ0v) is 22.4. The van der Waals surface area contributed by atoms with Crippen LogP contribution in [-0.4, -0.2) is 11.6 Å². The van der Waals surface area contributed by atoms with Crippen LogP contribution in [0.1, 0.15) is 73.7 Å². The van der Waals surface area contributed by atoms with Crippen molar-refractivity contribution in [1.82, 2.24) is 0 Å². The van der Waals surface area contributed by atoms with E-state index in [4.69, 9.17) is 0 Å². The second kappa shape index (κ2) is 11.5. The number of aryl methyl sites for hydroxylation is 3. The van der Waals surface area contributed by atoms with Crippen LogP contribution < -0.4 is 0 Å². The van der Waals surface area contributed by atoms with Gasteiger partial charge in [-0.15, -0.1) is 0 Å². The number of rotatable bonds is 8. The second-order valence-corrected chi connectivity index (χ2v) is 10.5. The van der Waals surface area contributed by atoms with Crippen LogP contribution >= 0.6 is 0 Å². The van der Waals surface area contributed by atoms with Gasteiger partial charge in [0.25, 0.3) is 0 Å². The largest absolute Gasteiger partial charge is 0.295 e. The van der Waals surface area contributed by atoms with Crippen molar-refractivity contribution in [3.8, 4) is 0 Å². The number of Topliss-reactive ketones (excluding diaryl/α,β-unsaturated/α-hetero) is 2. The number of hydrogen-bond acceptors (Lipinski definition) is 2. The maximum Gasteiger partial charge on any atom is 0.195 e. The molecule has 0 aromatic heterocycles. The third-order valence-corrected chi connectivity index (χ3v) is 7.69. The highest BCUT2D eigenvalue weighted by molar-refractivity contribution is 6.10. The molecule has 202 valence electrons. The van der Waals surface area contributed by atoms with Crippen LogP contribution in [-0.2, 0) is 12.8 Å². The first-order valence-corrected chi connectivity index (χ1v) is 13.4. The summed E-state index contributed by atoms with van der Waals surface area (Å²) in [5.41, 5.74) is 5.30. The van der Waals surface area contributed by atoms with Crippen molar-refractivity contribution in [3.63, 3.8) is 0 Å². The first-order valence-electron chi connectivity index (χ1n) is 13.4. The fraction of sp³-hybridized carbons (Fsp3) is 0.200. The number of hydrogen-bond donors (Lipinski definition) is 0. The Morgan fingerprint density at radius 3 is 2.23 bits per heavy atom. The van der Waals surface area contributed by atoms with Crippen molar-refractivity contribution < 1.29 is 22.8 Å². The first-order chi connectivity index (χ1) is 19.2. The Balaban J connectivity index is 1.52. The van der Waals surface area contributed by atoms with E-state index < -0.39 is 34.7 Å². The summed E-state index contributed by atoms with van der Waals surface area (Å²) in [5.74, 6) is -4.78. The number of benzene rings is 4. The molecule has 0 heterocycles. The van der Waals surface area contributed by atoms with E-state index in [9.17, 15) is 22.8 Å². The van der Waals surface area contributed by atoms with Crippen LogP contribution in [0.4, 0.5) is 13.2 Å². The lowest BCUT2D eigenvalue weighted by Gasteiger charge is -2.20. The van der Waals surface area contributed by atoms with Crippen molar-refractivity contribution in [1.29, 1.82) is 0 Å². The smallest absolute Gasteiger partial charge is 0.195 e. The van der Waals surface area contributed by atoms with Gasteiger partial charge >= 0.3 is 0 Å². The molecular weight excluding hydrogens is 509 g/mol. The van der Waals surface area contributed by atoms with Crippen molar-refractivity contribution >= 4 is 11.6 Å². The SMILES string of the molecule is CC(=O)c1cccc(CCc2ccccc2C2CC(c3ccc(C)cc3)C=C2C(=O)c2c(F)cc(F)cc2F)c1. The topological polar surface area (TPSA) is 34.1 Å². The molecule has 0 aliphatic heterocycles. The number of carbonyl (C=O) groups excluding carboxylic acids is 2. The molecule has 4 aromatic carbocycles. The van der Waals surface area contributed by atoms with E-state index in [2.05, 4.69) is 0 Å². The highest BCUT2D eigenvalue weighted by atomic mass is 19.1. The average Bonchev–Trinajstić information content (AvgIpc) is 3.37. The zero-order valence-electron chi connectivity index (χ0n) is 22.4.